The molecule has 0 bridgehead atoms. The number of ether oxygens (including phenoxy) is 2. The minimum Gasteiger partial charge on any atom is -0.493 e. The summed E-state index contributed by atoms with van der Waals surface area (Å²) in [5.74, 6) is 2.97. The lowest BCUT2D eigenvalue weighted by atomic mass is 9.88. The number of rotatable bonds is 6. The summed E-state index contributed by atoms with van der Waals surface area (Å²) >= 11 is 1.84. The van der Waals surface area contributed by atoms with Gasteiger partial charge in [0.05, 0.1) is 7.11 Å². The van der Waals surface area contributed by atoms with Gasteiger partial charge in [-0.15, -0.1) is 11.8 Å². The molecule has 0 radical (unpaired) electrons. The first kappa shape index (κ1) is 20.1. The second-order valence-corrected chi connectivity index (χ2v) is 8.96. The predicted octanol–water partition coefficient (Wildman–Crippen LogP) is 5.43. The molecule has 4 rings (SSSR count). The van der Waals surface area contributed by atoms with Crippen LogP contribution in [0.4, 0.5) is 0 Å². The normalized spacial score (nSPS) is 19.9. The summed E-state index contributed by atoms with van der Waals surface area (Å²) in [5.41, 5.74) is 2.23. The van der Waals surface area contributed by atoms with Gasteiger partial charge in [0.2, 0.25) is 5.91 Å². The number of carbonyl (C=O) groups excluding carboxylic acids is 1. The zero-order valence-corrected chi connectivity index (χ0v) is 17.8. The van der Waals surface area contributed by atoms with Crippen molar-refractivity contribution in [1.82, 2.24) is 4.90 Å². The molecule has 2 aromatic carbocycles. The van der Waals surface area contributed by atoms with Crippen LogP contribution in [0.5, 0.6) is 11.5 Å². The standard InChI is InChI=1S/C24H29NO3S/c1-27-21-13-12-20(16-22(21)28-17-18-8-4-2-5-9-18)24-25(14-15-29-24)23(26)19-10-6-3-7-11-19/h2,4-5,8-9,12-13,16,19,24H,3,6-7,10-11,14-15,17H2,1H3/t24-/m0/s1. The van der Waals surface area contributed by atoms with E-state index in [9.17, 15) is 4.79 Å². The molecule has 5 heteroatoms. The van der Waals surface area contributed by atoms with Crippen LogP contribution in [0.15, 0.2) is 48.5 Å². The Morgan fingerprint density at radius 3 is 2.62 bits per heavy atom. The number of carbonyl (C=O) groups is 1. The number of amides is 1. The van der Waals surface area contributed by atoms with Gasteiger partial charge in [0.25, 0.3) is 0 Å². The number of thioether (sulfide) groups is 1. The van der Waals surface area contributed by atoms with Crippen molar-refractivity contribution in [3.63, 3.8) is 0 Å². The lowest BCUT2D eigenvalue weighted by Crippen LogP contribution is -2.36. The van der Waals surface area contributed by atoms with E-state index in [2.05, 4.69) is 11.0 Å². The van der Waals surface area contributed by atoms with Crippen LogP contribution in [0, 0.1) is 5.92 Å². The van der Waals surface area contributed by atoms with Gasteiger partial charge in [0, 0.05) is 18.2 Å². The molecule has 0 spiro atoms. The topological polar surface area (TPSA) is 38.8 Å². The van der Waals surface area contributed by atoms with E-state index in [1.54, 1.807) is 7.11 Å². The fourth-order valence-electron chi connectivity index (χ4n) is 4.25. The molecule has 1 saturated carbocycles. The van der Waals surface area contributed by atoms with Gasteiger partial charge in [-0.05, 0) is 36.1 Å². The molecular weight excluding hydrogens is 382 g/mol. The minimum atomic E-state index is 0.0643. The van der Waals surface area contributed by atoms with Crippen LogP contribution in [-0.2, 0) is 11.4 Å². The van der Waals surface area contributed by atoms with E-state index in [-0.39, 0.29) is 11.3 Å². The second-order valence-electron chi connectivity index (χ2n) is 7.77. The highest BCUT2D eigenvalue weighted by molar-refractivity contribution is 7.99. The maximum atomic E-state index is 13.2. The molecule has 2 aromatic rings. The summed E-state index contributed by atoms with van der Waals surface area (Å²) in [7, 11) is 1.66. The molecule has 1 aliphatic carbocycles. The van der Waals surface area contributed by atoms with Gasteiger partial charge in [-0.3, -0.25) is 4.79 Å². The molecule has 2 fully saturated rings. The SMILES string of the molecule is COc1ccc([C@@H]2SCCN2C(=O)C2CCCCC2)cc1OCc1ccccc1. The van der Waals surface area contributed by atoms with E-state index in [1.807, 2.05) is 54.2 Å². The summed E-state index contributed by atoms with van der Waals surface area (Å²) in [6.07, 6.45) is 5.72. The average Bonchev–Trinajstić information content (AvgIpc) is 3.28. The summed E-state index contributed by atoms with van der Waals surface area (Å²) in [5, 5.41) is 0.0643. The lowest BCUT2D eigenvalue weighted by molar-refractivity contribution is -0.136. The Morgan fingerprint density at radius 2 is 1.86 bits per heavy atom. The molecule has 1 aliphatic heterocycles. The Morgan fingerprint density at radius 1 is 1.07 bits per heavy atom. The van der Waals surface area contributed by atoms with Crippen molar-refractivity contribution in [3.8, 4) is 11.5 Å². The van der Waals surface area contributed by atoms with Crippen LogP contribution in [0.3, 0.4) is 0 Å². The monoisotopic (exact) mass is 411 g/mol. The molecule has 1 amide bonds. The van der Waals surface area contributed by atoms with Gasteiger partial charge >= 0.3 is 0 Å². The highest BCUT2D eigenvalue weighted by Crippen LogP contribution is 2.42. The smallest absolute Gasteiger partial charge is 0.226 e. The summed E-state index contributed by atoms with van der Waals surface area (Å²) in [4.78, 5) is 15.2. The Labute approximate surface area is 177 Å². The van der Waals surface area contributed by atoms with Crippen LogP contribution in [-0.4, -0.2) is 30.2 Å². The number of hydrogen-bond acceptors (Lipinski definition) is 4. The van der Waals surface area contributed by atoms with E-state index in [0.29, 0.717) is 12.5 Å². The fourth-order valence-corrected chi connectivity index (χ4v) is 5.50. The maximum Gasteiger partial charge on any atom is 0.226 e. The number of hydrogen-bond donors (Lipinski definition) is 0. The average molecular weight is 412 g/mol. The Bertz CT molecular complexity index is 820. The molecule has 0 aromatic heterocycles. The molecule has 0 N–H and O–H groups in total. The highest BCUT2D eigenvalue weighted by Gasteiger charge is 2.35. The minimum absolute atomic E-state index is 0.0643. The van der Waals surface area contributed by atoms with Crippen molar-refractivity contribution in [2.75, 3.05) is 19.4 Å². The van der Waals surface area contributed by atoms with Gasteiger partial charge < -0.3 is 14.4 Å². The lowest BCUT2D eigenvalue weighted by Gasteiger charge is -2.30. The Kier molecular flexibility index (Phi) is 6.65. The van der Waals surface area contributed by atoms with Gasteiger partial charge in [-0.25, -0.2) is 0 Å². The van der Waals surface area contributed by atoms with Crippen LogP contribution in [0.2, 0.25) is 0 Å². The van der Waals surface area contributed by atoms with E-state index in [0.717, 1.165) is 47.8 Å². The molecule has 1 heterocycles. The zero-order valence-electron chi connectivity index (χ0n) is 17.0. The third-order valence-corrected chi connectivity index (χ3v) is 7.10. The van der Waals surface area contributed by atoms with Crippen LogP contribution in [0.25, 0.3) is 0 Å². The largest absolute Gasteiger partial charge is 0.493 e. The number of benzene rings is 2. The van der Waals surface area contributed by atoms with Crippen molar-refractivity contribution >= 4 is 17.7 Å². The predicted molar refractivity (Wildman–Crippen MR) is 117 cm³/mol. The third-order valence-electron chi connectivity index (χ3n) is 5.84. The zero-order chi connectivity index (χ0) is 20.1. The van der Waals surface area contributed by atoms with Crippen molar-refractivity contribution in [3.05, 3.63) is 59.7 Å². The summed E-state index contributed by atoms with van der Waals surface area (Å²) < 4.78 is 11.6. The highest BCUT2D eigenvalue weighted by atomic mass is 32.2. The fraction of sp³-hybridized carbons (Fsp3) is 0.458. The quantitative estimate of drug-likeness (QED) is 0.635. The molecule has 1 saturated heterocycles. The summed E-state index contributed by atoms with van der Waals surface area (Å²) in [6, 6.07) is 16.2. The van der Waals surface area contributed by atoms with Crippen molar-refractivity contribution < 1.29 is 14.3 Å². The van der Waals surface area contributed by atoms with Crippen LogP contribution in [0.1, 0.15) is 48.6 Å². The van der Waals surface area contributed by atoms with Gasteiger partial charge in [-0.2, -0.15) is 0 Å². The molecule has 29 heavy (non-hydrogen) atoms. The number of nitrogens with zero attached hydrogens (tertiary/aromatic N) is 1. The molecule has 154 valence electrons. The maximum absolute atomic E-state index is 13.2. The molecular formula is C24H29NO3S. The molecule has 1 atom stereocenters. The van der Waals surface area contributed by atoms with Gasteiger partial charge in [-0.1, -0.05) is 55.7 Å². The Hall–Kier alpha value is -2.14. The molecule has 0 unspecified atom stereocenters. The molecule has 2 aliphatic rings. The second kappa shape index (κ2) is 9.57. The third kappa shape index (κ3) is 4.72. The first-order valence-electron chi connectivity index (χ1n) is 10.5. The van der Waals surface area contributed by atoms with Crippen molar-refractivity contribution in [2.24, 2.45) is 5.92 Å². The van der Waals surface area contributed by atoms with Crippen LogP contribution >= 0.6 is 11.8 Å². The first-order valence-corrected chi connectivity index (χ1v) is 11.6. The van der Waals surface area contributed by atoms with Crippen molar-refractivity contribution in [1.29, 1.82) is 0 Å². The van der Waals surface area contributed by atoms with E-state index < -0.39 is 0 Å². The van der Waals surface area contributed by atoms with Gasteiger partial charge in [0.1, 0.15) is 12.0 Å². The van der Waals surface area contributed by atoms with E-state index in [1.165, 1.54) is 19.3 Å². The first-order chi connectivity index (χ1) is 14.3. The molecule has 4 nitrogen and oxygen atoms in total. The van der Waals surface area contributed by atoms with E-state index >= 15 is 0 Å². The van der Waals surface area contributed by atoms with Crippen LogP contribution < -0.4 is 9.47 Å². The van der Waals surface area contributed by atoms with E-state index in [4.69, 9.17) is 9.47 Å². The van der Waals surface area contributed by atoms with Gasteiger partial charge in [0.15, 0.2) is 11.5 Å². The number of methoxy groups -OCH3 is 1. The summed E-state index contributed by atoms with van der Waals surface area (Å²) in [6.45, 7) is 1.32. The Balaban J connectivity index is 1.51. The van der Waals surface area contributed by atoms with Crippen molar-refractivity contribution in [2.45, 2.75) is 44.1 Å².